The van der Waals surface area contributed by atoms with Crippen molar-refractivity contribution < 1.29 is 0 Å². The predicted molar refractivity (Wildman–Crippen MR) is 64.5 cm³/mol. The van der Waals surface area contributed by atoms with Gasteiger partial charge in [-0.05, 0) is 19.1 Å². The first kappa shape index (κ1) is 10.4. The van der Waals surface area contributed by atoms with Gasteiger partial charge in [-0.1, -0.05) is 11.6 Å². The fourth-order valence-corrected chi connectivity index (χ4v) is 2.19. The van der Waals surface area contributed by atoms with Gasteiger partial charge in [-0.25, -0.2) is 9.97 Å². The number of thiophene rings is 1. The van der Waals surface area contributed by atoms with Crippen LogP contribution in [-0.4, -0.2) is 16.5 Å². The Morgan fingerprint density at radius 1 is 1.33 bits per heavy atom. The largest absolute Gasteiger partial charge is 0.355 e. The number of hydrogen-bond acceptors (Lipinski definition) is 4. The second-order valence-corrected chi connectivity index (χ2v) is 4.64. The molecule has 2 aromatic rings. The standard InChI is InChI=1S/C10H10ClN3S/c1-2-12-10-13-5-7(6-14-10)8-3-4-9(11)15-8/h3-6H,2H2,1H3,(H,12,13,14). The van der Waals surface area contributed by atoms with Crippen LogP contribution < -0.4 is 5.32 Å². The van der Waals surface area contributed by atoms with Gasteiger partial charge in [-0.15, -0.1) is 11.3 Å². The van der Waals surface area contributed by atoms with Gasteiger partial charge in [-0.3, -0.25) is 0 Å². The molecule has 0 radical (unpaired) electrons. The maximum absolute atomic E-state index is 5.86. The number of hydrogen-bond donors (Lipinski definition) is 1. The molecular formula is C10H10ClN3S. The van der Waals surface area contributed by atoms with Crippen LogP contribution in [0.5, 0.6) is 0 Å². The third kappa shape index (κ3) is 2.46. The quantitative estimate of drug-likeness (QED) is 0.893. The summed E-state index contributed by atoms with van der Waals surface area (Å²) in [7, 11) is 0. The molecule has 15 heavy (non-hydrogen) atoms. The Bertz CT molecular complexity index is 438. The predicted octanol–water partition coefficient (Wildman–Crippen LogP) is 3.29. The minimum absolute atomic E-state index is 0.656. The number of aromatic nitrogens is 2. The van der Waals surface area contributed by atoms with E-state index in [1.54, 1.807) is 12.4 Å². The van der Waals surface area contributed by atoms with Gasteiger partial charge >= 0.3 is 0 Å². The van der Waals surface area contributed by atoms with Crippen LogP contribution in [-0.2, 0) is 0 Å². The minimum Gasteiger partial charge on any atom is -0.355 e. The van der Waals surface area contributed by atoms with Gasteiger partial charge in [-0.2, -0.15) is 0 Å². The summed E-state index contributed by atoms with van der Waals surface area (Å²) in [5.74, 6) is 0.656. The first-order valence-electron chi connectivity index (χ1n) is 4.61. The van der Waals surface area contributed by atoms with Crippen molar-refractivity contribution in [2.24, 2.45) is 0 Å². The monoisotopic (exact) mass is 239 g/mol. The average molecular weight is 240 g/mol. The van der Waals surface area contributed by atoms with Crippen molar-refractivity contribution in [1.29, 1.82) is 0 Å². The summed E-state index contributed by atoms with van der Waals surface area (Å²) in [6.07, 6.45) is 3.60. The van der Waals surface area contributed by atoms with Crippen molar-refractivity contribution in [2.45, 2.75) is 6.92 Å². The van der Waals surface area contributed by atoms with Gasteiger partial charge in [0.1, 0.15) is 0 Å². The maximum Gasteiger partial charge on any atom is 0.222 e. The van der Waals surface area contributed by atoms with E-state index in [4.69, 9.17) is 11.6 Å². The minimum atomic E-state index is 0.656. The molecule has 0 fully saturated rings. The van der Waals surface area contributed by atoms with Crippen LogP contribution >= 0.6 is 22.9 Å². The Kier molecular flexibility index (Phi) is 3.18. The Morgan fingerprint density at radius 3 is 2.60 bits per heavy atom. The molecular weight excluding hydrogens is 230 g/mol. The summed E-state index contributed by atoms with van der Waals surface area (Å²) in [6.45, 7) is 2.83. The molecule has 0 aliphatic carbocycles. The first-order valence-corrected chi connectivity index (χ1v) is 5.80. The number of nitrogens with zero attached hydrogens (tertiary/aromatic N) is 2. The molecule has 0 unspecified atom stereocenters. The Balaban J connectivity index is 2.23. The molecule has 0 atom stereocenters. The molecule has 0 bridgehead atoms. The van der Waals surface area contributed by atoms with Crippen molar-refractivity contribution in [2.75, 3.05) is 11.9 Å². The van der Waals surface area contributed by atoms with Crippen LogP contribution in [0.2, 0.25) is 4.34 Å². The molecule has 0 saturated carbocycles. The van der Waals surface area contributed by atoms with Crippen LogP contribution in [0.4, 0.5) is 5.95 Å². The van der Waals surface area contributed by atoms with E-state index in [0.717, 1.165) is 21.3 Å². The highest BCUT2D eigenvalue weighted by atomic mass is 35.5. The molecule has 2 aromatic heterocycles. The molecule has 1 N–H and O–H groups in total. The second kappa shape index (κ2) is 4.59. The molecule has 2 rings (SSSR count). The first-order chi connectivity index (χ1) is 7.29. The zero-order valence-corrected chi connectivity index (χ0v) is 9.77. The van der Waals surface area contributed by atoms with E-state index >= 15 is 0 Å². The summed E-state index contributed by atoms with van der Waals surface area (Å²) in [5, 5.41) is 3.05. The van der Waals surface area contributed by atoms with E-state index in [0.29, 0.717) is 5.95 Å². The van der Waals surface area contributed by atoms with Gasteiger partial charge < -0.3 is 5.32 Å². The van der Waals surface area contributed by atoms with Gasteiger partial charge in [0.2, 0.25) is 5.95 Å². The Labute approximate surface area is 97.2 Å². The van der Waals surface area contributed by atoms with Crippen molar-refractivity contribution in [3.8, 4) is 10.4 Å². The molecule has 78 valence electrons. The Hall–Kier alpha value is -1.13. The molecule has 0 amide bonds. The summed E-state index contributed by atoms with van der Waals surface area (Å²) < 4.78 is 0.778. The highest BCUT2D eigenvalue weighted by Gasteiger charge is 2.02. The zero-order chi connectivity index (χ0) is 10.7. The van der Waals surface area contributed by atoms with E-state index in [-0.39, 0.29) is 0 Å². The summed E-state index contributed by atoms with van der Waals surface area (Å²) in [5.41, 5.74) is 0.994. The van der Waals surface area contributed by atoms with Crippen LogP contribution in [0.25, 0.3) is 10.4 Å². The Morgan fingerprint density at radius 2 is 2.07 bits per heavy atom. The fourth-order valence-electron chi connectivity index (χ4n) is 1.17. The molecule has 2 heterocycles. The molecule has 3 nitrogen and oxygen atoms in total. The molecule has 0 spiro atoms. The van der Waals surface area contributed by atoms with E-state index < -0.39 is 0 Å². The lowest BCUT2D eigenvalue weighted by Crippen LogP contribution is -2.01. The number of anilines is 1. The van der Waals surface area contributed by atoms with E-state index in [1.807, 2.05) is 19.1 Å². The van der Waals surface area contributed by atoms with Crippen molar-refractivity contribution >= 4 is 28.9 Å². The normalized spacial score (nSPS) is 10.3. The molecule has 0 aliphatic rings. The van der Waals surface area contributed by atoms with E-state index in [9.17, 15) is 0 Å². The number of nitrogens with one attached hydrogen (secondary N) is 1. The maximum atomic E-state index is 5.86. The lowest BCUT2D eigenvalue weighted by molar-refractivity contribution is 1.09. The van der Waals surface area contributed by atoms with Gasteiger partial charge in [0.05, 0.1) is 4.34 Å². The summed E-state index contributed by atoms with van der Waals surface area (Å²) in [6, 6.07) is 3.85. The van der Waals surface area contributed by atoms with Crippen LogP contribution in [0.3, 0.4) is 0 Å². The lowest BCUT2D eigenvalue weighted by Gasteiger charge is -2.01. The van der Waals surface area contributed by atoms with Gasteiger partial charge in [0.15, 0.2) is 0 Å². The lowest BCUT2D eigenvalue weighted by atomic mass is 10.3. The third-order valence-corrected chi connectivity index (χ3v) is 3.12. The van der Waals surface area contributed by atoms with Crippen LogP contribution in [0.15, 0.2) is 24.5 Å². The van der Waals surface area contributed by atoms with Crippen LogP contribution in [0, 0.1) is 0 Å². The van der Waals surface area contributed by atoms with Gasteiger partial charge in [0.25, 0.3) is 0 Å². The topological polar surface area (TPSA) is 37.8 Å². The fraction of sp³-hybridized carbons (Fsp3) is 0.200. The summed E-state index contributed by atoms with van der Waals surface area (Å²) in [4.78, 5) is 9.48. The highest BCUT2D eigenvalue weighted by molar-refractivity contribution is 7.19. The number of rotatable bonds is 3. The summed E-state index contributed by atoms with van der Waals surface area (Å²) >= 11 is 7.38. The third-order valence-electron chi connectivity index (χ3n) is 1.84. The van der Waals surface area contributed by atoms with Gasteiger partial charge in [0, 0.05) is 29.4 Å². The van der Waals surface area contributed by atoms with E-state index in [1.165, 1.54) is 11.3 Å². The van der Waals surface area contributed by atoms with Crippen molar-refractivity contribution in [1.82, 2.24) is 9.97 Å². The smallest absolute Gasteiger partial charge is 0.222 e. The zero-order valence-electron chi connectivity index (χ0n) is 8.20. The molecule has 0 aliphatic heterocycles. The second-order valence-electron chi connectivity index (χ2n) is 2.93. The SMILES string of the molecule is CCNc1ncc(-c2ccc(Cl)s2)cn1. The molecule has 0 aromatic carbocycles. The van der Waals surface area contributed by atoms with Crippen molar-refractivity contribution in [3.05, 3.63) is 28.9 Å². The molecule has 5 heteroatoms. The number of halogens is 1. The highest BCUT2D eigenvalue weighted by Crippen LogP contribution is 2.30. The van der Waals surface area contributed by atoms with E-state index in [2.05, 4.69) is 15.3 Å². The van der Waals surface area contributed by atoms with Crippen LogP contribution in [0.1, 0.15) is 6.92 Å². The average Bonchev–Trinajstić information content (AvgIpc) is 2.67. The molecule has 0 saturated heterocycles. The van der Waals surface area contributed by atoms with Crippen molar-refractivity contribution in [3.63, 3.8) is 0 Å².